The van der Waals surface area contributed by atoms with E-state index in [0.29, 0.717) is 11.7 Å². The van der Waals surface area contributed by atoms with E-state index < -0.39 is 0 Å². The summed E-state index contributed by atoms with van der Waals surface area (Å²) >= 11 is 2.87. The van der Waals surface area contributed by atoms with Crippen LogP contribution in [0.4, 0.5) is 0 Å². The maximum Gasteiger partial charge on any atom is 0.316 e. The third kappa shape index (κ3) is 3.72. The minimum Gasteiger partial charge on any atom is -0.468 e. The fraction of sp³-hybridized carbons (Fsp3) is 0.350. The number of benzene rings is 1. The van der Waals surface area contributed by atoms with Gasteiger partial charge in [-0.2, -0.15) is 0 Å². The SMILES string of the molecule is COC(=O)CSc1nc2sc3c(c2c(=O)n1Cc1ccccc1)CC[NH+](C)C3. The number of likely N-dealkylation sites (N-methyl/N-ethyl adjacent to an activating group) is 1. The molecule has 0 radical (unpaired) electrons. The number of esters is 1. The number of hydrogen-bond acceptors (Lipinski definition) is 6. The molecule has 1 N–H and O–H groups in total. The number of methoxy groups -OCH3 is 1. The molecule has 0 bridgehead atoms. The first-order valence-corrected chi connectivity index (χ1v) is 11.0. The van der Waals surface area contributed by atoms with Crippen molar-refractivity contribution >= 4 is 39.3 Å². The van der Waals surface area contributed by atoms with Crippen LogP contribution in [0.1, 0.15) is 16.0 Å². The molecule has 1 atom stereocenters. The Morgan fingerprint density at radius 2 is 2.14 bits per heavy atom. The fourth-order valence-electron chi connectivity index (χ4n) is 3.47. The van der Waals surface area contributed by atoms with E-state index >= 15 is 0 Å². The van der Waals surface area contributed by atoms with Gasteiger partial charge in [0.2, 0.25) is 0 Å². The molecule has 0 fully saturated rings. The maximum absolute atomic E-state index is 13.5. The third-order valence-corrected chi connectivity index (χ3v) is 7.03. The Labute approximate surface area is 171 Å². The van der Waals surface area contributed by atoms with E-state index in [0.717, 1.165) is 40.9 Å². The molecular formula is C20H22N3O3S2+. The van der Waals surface area contributed by atoms with Crippen LogP contribution in [0, 0.1) is 0 Å². The van der Waals surface area contributed by atoms with Gasteiger partial charge < -0.3 is 9.64 Å². The van der Waals surface area contributed by atoms with Crippen LogP contribution in [0.5, 0.6) is 0 Å². The number of thiophene rings is 1. The Kier molecular flexibility index (Phi) is 5.52. The second-order valence-corrected chi connectivity index (χ2v) is 8.98. The molecular weight excluding hydrogens is 394 g/mol. The molecule has 146 valence electrons. The van der Waals surface area contributed by atoms with Crippen molar-refractivity contribution in [1.82, 2.24) is 9.55 Å². The molecule has 1 aliphatic heterocycles. The van der Waals surface area contributed by atoms with Crippen LogP contribution in [-0.2, 0) is 29.0 Å². The number of carbonyl (C=O) groups is 1. The second kappa shape index (κ2) is 8.06. The first-order chi connectivity index (χ1) is 13.6. The molecule has 1 unspecified atom stereocenters. The van der Waals surface area contributed by atoms with Gasteiger partial charge in [0, 0.05) is 6.42 Å². The van der Waals surface area contributed by atoms with Gasteiger partial charge in [0.25, 0.3) is 5.56 Å². The highest BCUT2D eigenvalue weighted by Gasteiger charge is 2.26. The van der Waals surface area contributed by atoms with E-state index in [4.69, 9.17) is 9.72 Å². The normalized spacial score (nSPS) is 16.1. The zero-order chi connectivity index (χ0) is 19.7. The number of rotatable bonds is 5. The summed E-state index contributed by atoms with van der Waals surface area (Å²) in [7, 11) is 3.54. The van der Waals surface area contributed by atoms with Crippen molar-refractivity contribution in [3.05, 3.63) is 56.7 Å². The van der Waals surface area contributed by atoms with Gasteiger partial charge in [0.15, 0.2) is 5.16 Å². The van der Waals surface area contributed by atoms with E-state index in [9.17, 15) is 9.59 Å². The Bertz CT molecular complexity index is 1080. The lowest BCUT2D eigenvalue weighted by Gasteiger charge is -2.19. The number of quaternary nitrogens is 1. The highest BCUT2D eigenvalue weighted by molar-refractivity contribution is 7.99. The van der Waals surface area contributed by atoms with Crippen LogP contribution in [0.25, 0.3) is 10.2 Å². The summed E-state index contributed by atoms with van der Waals surface area (Å²) in [5, 5.41) is 1.32. The molecule has 4 rings (SSSR count). The highest BCUT2D eigenvalue weighted by atomic mass is 32.2. The molecule has 6 nitrogen and oxygen atoms in total. The topological polar surface area (TPSA) is 65.6 Å². The van der Waals surface area contributed by atoms with Crippen molar-refractivity contribution < 1.29 is 14.4 Å². The van der Waals surface area contributed by atoms with Gasteiger partial charge in [-0.3, -0.25) is 14.2 Å². The zero-order valence-electron chi connectivity index (χ0n) is 15.9. The number of carbonyl (C=O) groups excluding carboxylic acids is 1. The molecule has 28 heavy (non-hydrogen) atoms. The molecule has 0 spiro atoms. The minimum absolute atomic E-state index is 0.0155. The van der Waals surface area contributed by atoms with Crippen LogP contribution < -0.4 is 10.5 Å². The van der Waals surface area contributed by atoms with Crippen LogP contribution >= 0.6 is 23.1 Å². The van der Waals surface area contributed by atoms with Gasteiger partial charge in [0.05, 0.1) is 43.3 Å². The number of fused-ring (bicyclic) bond motifs is 3. The number of aromatic nitrogens is 2. The van der Waals surface area contributed by atoms with Crippen LogP contribution in [0.2, 0.25) is 0 Å². The molecule has 0 amide bonds. The predicted octanol–water partition coefficient (Wildman–Crippen LogP) is 1.34. The largest absolute Gasteiger partial charge is 0.468 e. The van der Waals surface area contributed by atoms with Gasteiger partial charge in [-0.05, 0) is 11.1 Å². The quantitative estimate of drug-likeness (QED) is 0.386. The van der Waals surface area contributed by atoms with E-state index in [-0.39, 0.29) is 17.3 Å². The molecule has 1 aliphatic rings. The monoisotopic (exact) mass is 416 g/mol. The summed E-state index contributed by atoms with van der Waals surface area (Å²) in [6.45, 7) is 2.39. The Morgan fingerprint density at radius 1 is 1.36 bits per heavy atom. The Balaban J connectivity index is 1.83. The number of ether oxygens (including phenoxy) is 1. The molecule has 0 aliphatic carbocycles. The van der Waals surface area contributed by atoms with Crippen molar-refractivity contribution in [2.75, 3.05) is 26.5 Å². The Hall–Kier alpha value is -2.16. The zero-order valence-corrected chi connectivity index (χ0v) is 17.5. The molecule has 0 saturated carbocycles. The lowest BCUT2D eigenvalue weighted by Crippen LogP contribution is -3.08. The highest BCUT2D eigenvalue weighted by Crippen LogP contribution is 2.31. The van der Waals surface area contributed by atoms with E-state index in [1.807, 2.05) is 30.3 Å². The number of nitrogens with one attached hydrogen (secondary N) is 1. The second-order valence-electron chi connectivity index (χ2n) is 6.95. The van der Waals surface area contributed by atoms with Crippen molar-refractivity contribution in [3.63, 3.8) is 0 Å². The molecule has 3 heterocycles. The van der Waals surface area contributed by atoms with Crippen molar-refractivity contribution in [1.29, 1.82) is 0 Å². The number of hydrogen-bond donors (Lipinski definition) is 1. The van der Waals surface area contributed by atoms with E-state index in [1.54, 1.807) is 15.9 Å². The molecule has 8 heteroatoms. The summed E-state index contributed by atoms with van der Waals surface area (Å²) in [5.41, 5.74) is 2.17. The molecule has 0 saturated heterocycles. The third-order valence-electron chi connectivity index (χ3n) is 4.95. The van der Waals surface area contributed by atoms with E-state index in [2.05, 4.69) is 7.05 Å². The lowest BCUT2D eigenvalue weighted by atomic mass is 10.1. The van der Waals surface area contributed by atoms with Gasteiger partial charge in [0.1, 0.15) is 11.4 Å². The first-order valence-electron chi connectivity index (χ1n) is 9.16. The van der Waals surface area contributed by atoms with Crippen LogP contribution in [0.15, 0.2) is 40.3 Å². The Morgan fingerprint density at radius 3 is 2.89 bits per heavy atom. The predicted molar refractivity (Wildman–Crippen MR) is 111 cm³/mol. The van der Waals surface area contributed by atoms with Crippen molar-refractivity contribution in [2.45, 2.75) is 24.7 Å². The summed E-state index contributed by atoms with van der Waals surface area (Å²) in [6, 6.07) is 9.85. The smallest absolute Gasteiger partial charge is 0.316 e. The van der Waals surface area contributed by atoms with Crippen LogP contribution in [0.3, 0.4) is 0 Å². The van der Waals surface area contributed by atoms with Gasteiger partial charge >= 0.3 is 5.97 Å². The van der Waals surface area contributed by atoms with E-state index in [1.165, 1.54) is 28.6 Å². The average molecular weight is 417 g/mol. The van der Waals surface area contributed by atoms with Crippen molar-refractivity contribution in [3.8, 4) is 0 Å². The number of nitrogens with zero attached hydrogens (tertiary/aromatic N) is 2. The first kappa shape index (κ1) is 19.2. The lowest BCUT2D eigenvalue weighted by molar-refractivity contribution is -0.895. The van der Waals surface area contributed by atoms with Gasteiger partial charge in [-0.25, -0.2) is 4.98 Å². The van der Waals surface area contributed by atoms with Gasteiger partial charge in [-0.15, -0.1) is 11.3 Å². The molecule has 3 aromatic rings. The molecule has 2 aromatic heterocycles. The average Bonchev–Trinajstić information content (AvgIpc) is 3.06. The maximum atomic E-state index is 13.5. The fourth-order valence-corrected chi connectivity index (χ4v) is 5.68. The minimum atomic E-state index is -0.332. The standard InChI is InChI=1S/C20H21N3O3S2/c1-22-9-8-14-15(11-22)28-18-17(14)19(25)23(10-13-6-4-3-5-7-13)20(21-18)27-12-16(24)26-2/h3-7H,8-12H2,1-2H3/p+1. The summed E-state index contributed by atoms with van der Waals surface area (Å²) < 4.78 is 6.45. The number of thioether (sulfide) groups is 1. The summed E-state index contributed by atoms with van der Waals surface area (Å²) in [4.78, 5) is 33.4. The van der Waals surface area contributed by atoms with Crippen LogP contribution in [-0.4, -0.2) is 42.0 Å². The summed E-state index contributed by atoms with van der Waals surface area (Å²) in [6.07, 6.45) is 0.901. The molecule has 1 aromatic carbocycles. The van der Waals surface area contributed by atoms with Gasteiger partial charge in [-0.1, -0.05) is 42.1 Å². The van der Waals surface area contributed by atoms with Crippen molar-refractivity contribution in [2.24, 2.45) is 0 Å². The summed E-state index contributed by atoms with van der Waals surface area (Å²) in [5.74, 6) is -0.206.